The number of para-hydroxylation sites is 1. The second-order valence-electron chi connectivity index (χ2n) is 4.31. The van der Waals surface area contributed by atoms with Crippen molar-refractivity contribution < 1.29 is 4.79 Å². The van der Waals surface area contributed by atoms with E-state index in [0.717, 1.165) is 16.8 Å². The van der Waals surface area contributed by atoms with Gasteiger partial charge in [-0.15, -0.1) is 0 Å². The average Bonchev–Trinajstić information content (AvgIpc) is 2.38. The third-order valence-corrected chi connectivity index (χ3v) is 3.30. The van der Waals surface area contributed by atoms with Gasteiger partial charge in [-0.1, -0.05) is 35.9 Å². The highest BCUT2D eigenvalue weighted by atomic mass is 35.5. The second-order valence-corrected chi connectivity index (χ2v) is 4.71. The molecule has 0 spiro atoms. The molecule has 4 heteroatoms. The first-order chi connectivity index (χ1) is 9.08. The number of urea groups is 1. The first kappa shape index (κ1) is 13.4. The summed E-state index contributed by atoms with van der Waals surface area (Å²) < 4.78 is 0. The smallest absolute Gasteiger partial charge is 0.307 e. The van der Waals surface area contributed by atoms with Crippen LogP contribution in [-0.4, -0.2) is 6.03 Å². The maximum Gasteiger partial charge on any atom is 0.323 e. The van der Waals surface area contributed by atoms with Crippen LogP contribution in [0, 0.1) is 13.8 Å². The molecule has 0 heterocycles. The molecule has 0 atom stereocenters. The lowest BCUT2D eigenvalue weighted by atomic mass is 10.1. The van der Waals surface area contributed by atoms with Crippen molar-refractivity contribution in [2.45, 2.75) is 13.8 Å². The van der Waals surface area contributed by atoms with Crippen LogP contribution in [0.4, 0.5) is 16.2 Å². The molecule has 2 amide bonds. The van der Waals surface area contributed by atoms with Crippen molar-refractivity contribution in [1.29, 1.82) is 0 Å². The van der Waals surface area contributed by atoms with Gasteiger partial charge in [0.15, 0.2) is 0 Å². The third kappa shape index (κ3) is 3.26. The Kier molecular flexibility index (Phi) is 4.07. The van der Waals surface area contributed by atoms with Gasteiger partial charge in [0, 0.05) is 5.69 Å². The van der Waals surface area contributed by atoms with Crippen molar-refractivity contribution in [2.24, 2.45) is 0 Å². The van der Waals surface area contributed by atoms with E-state index in [1.54, 1.807) is 12.1 Å². The number of aryl methyl sites for hydroxylation is 1. The number of anilines is 2. The van der Waals surface area contributed by atoms with Crippen LogP contribution >= 0.6 is 11.6 Å². The molecule has 3 nitrogen and oxygen atoms in total. The molecule has 0 radical (unpaired) electrons. The quantitative estimate of drug-likeness (QED) is 0.825. The van der Waals surface area contributed by atoms with Crippen molar-refractivity contribution in [3.05, 3.63) is 58.6 Å². The second kappa shape index (κ2) is 5.76. The zero-order valence-corrected chi connectivity index (χ0v) is 11.6. The Balaban J connectivity index is 2.10. The molecule has 2 aromatic carbocycles. The number of rotatable bonds is 2. The van der Waals surface area contributed by atoms with E-state index < -0.39 is 0 Å². The Morgan fingerprint density at radius 3 is 2.32 bits per heavy atom. The molecule has 2 aromatic rings. The van der Waals surface area contributed by atoms with Crippen LogP contribution in [0.15, 0.2) is 42.5 Å². The predicted molar refractivity (Wildman–Crippen MR) is 80.0 cm³/mol. The maximum atomic E-state index is 11.9. The number of nitrogens with one attached hydrogen (secondary N) is 2. The fraction of sp³-hybridized carbons (Fsp3) is 0.133. The van der Waals surface area contributed by atoms with E-state index in [0.29, 0.717) is 10.7 Å². The molecule has 0 fully saturated rings. The van der Waals surface area contributed by atoms with E-state index >= 15 is 0 Å². The Morgan fingerprint density at radius 2 is 1.58 bits per heavy atom. The van der Waals surface area contributed by atoms with E-state index in [1.807, 2.05) is 44.2 Å². The monoisotopic (exact) mass is 274 g/mol. The summed E-state index contributed by atoms with van der Waals surface area (Å²) in [6, 6.07) is 12.6. The largest absolute Gasteiger partial charge is 0.323 e. The lowest BCUT2D eigenvalue weighted by Gasteiger charge is -2.12. The molecular formula is C15H15ClN2O. The van der Waals surface area contributed by atoms with Crippen LogP contribution in [0.3, 0.4) is 0 Å². The molecular weight excluding hydrogens is 260 g/mol. The summed E-state index contributed by atoms with van der Waals surface area (Å²) in [5.41, 5.74) is 3.57. The standard InChI is InChI=1S/C15H15ClN2O/c1-10-6-5-9-13(11(10)2)17-15(19)18-14-8-4-3-7-12(14)16/h3-9H,1-2H3,(H2,17,18,19). The number of hydrogen-bond donors (Lipinski definition) is 2. The van der Waals surface area contributed by atoms with Crippen LogP contribution in [0.2, 0.25) is 5.02 Å². The van der Waals surface area contributed by atoms with Crippen molar-refractivity contribution in [3.63, 3.8) is 0 Å². The SMILES string of the molecule is Cc1cccc(NC(=O)Nc2ccccc2Cl)c1C. The number of amides is 2. The lowest BCUT2D eigenvalue weighted by molar-refractivity contribution is 0.262. The Bertz CT molecular complexity index is 611. The van der Waals surface area contributed by atoms with Gasteiger partial charge >= 0.3 is 6.03 Å². The molecule has 2 rings (SSSR count). The summed E-state index contributed by atoms with van der Waals surface area (Å²) in [7, 11) is 0. The Morgan fingerprint density at radius 1 is 0.947 bits per heavy atom. The van der Waals surface area contributed by atoms with E-state index in [4.69, 9.17) is 11.6 Å². The minimum absolute atomic E-state index is 0.304. The predicted octanol–water partition coefficient (Wildman–Crippen LogP) is 4.60. The number of carbonyl (C=O) groups excluding carboxylic acids is 1. The van der Waals surface area contributed by atoms with E-state index in [-0.39, 0.29) is 6.03 Å². The minimum Gasteiger partial charge on any atom is -0.307 e. The van der Waals surface area contributed by atoms with Crippen LogP contribution in [0.25, 0.3) is 0 Å². The van der Waals surface area contributed by atoms with Crippen LogP contribution in [-0.2, 0) is 0 Å². The van der Waals surface area contributed by atoms with Crippen LogP contribution in [0.1, 0.15) is 11.1 Å². The molecule has 0 aromatic heterocycles. The minimum atomic E-state index is -0.304. The fourth-order valence-corrected chi connectivity index (χ4v) is 1.91. The molecule has 0 aliphatic carbocycles. The van der Waals surface area contributed by atoms with Crippen LogP contribution in [0.5, 0.6) is 0 Å². The topological polar surface area (TPSA) is 41.1 Å². The average molecular weight is 275 g/mol. The van der Waals surface area contributed by atoms with Gasteiger partial charge in [0.25, 0.3) is 0 Å². The molecule has 19 heavy (non-hydrogen) atoms. The highest BCUT2D eigenvalue weighted by Gasteiger charge is 2.07. The zero-order chi connectivity index (χ0) is 13.8. The maximum absolute atomic E-state index is 11.9. The van der Waals surface area contributed by atoms with Gasteiger partial charge in [0.05, 0.1) is 10.7 Å². The summed E-state index contributed by atoms with van der Waals surface area (Å²) >= 11 is 5.99. The molecule has 0 aliphatic heterocycles. The van der Waals surface area contributed by atoms with Crippen molar-refractivity contribution in [3.8, 4) is 0 Å². The van der Waals surface area contributed by atoms with E-state index in [1.165, 1.54) is 0 Å². The first-order valence-electron chi connectivity index (χ1n) is 5.96. The highest BCUT2D eigenvalue weighted by Crippen LogP contribution is 2.22. The van der Waals surface area contributed by atoms with Crippen LogP contribution < -0.4 is 10.6 Å². The van der Waals surface area contributed by atoms with Gasteiger partial charge in [0.2, 0.25) is 0 Å². The summed E-state index contributed by atoms with van der Waals surface area (Å²) in [5, 5.41) is 6.05. The van der Waals surface area contributed by atoms with Gasteiger partial charge in [-0.2, -0.15) is 0 Å². The molecule has 0 aliphatic rings. The van der Waals surface area contributed by atoms with Gasteiger partial charge in [-0.3, -0.25) is 0 Å². The Hall–Kier alpha value is -2.00. The van der Waals surface area contributed by atoms with Crippen molar-refractivity contribution >= 4 is 29.0 Å². The van der Waals surface area contributed by atoms with Gasteiger partial charge in [-0.05, 0) is 43.2 Å². The molecule has 0 unspecified atom stereocenters. The number of halogens is 1. The third-order valence-electron chi connectivity index (χ3n) is 2.97. The number of benzene rings is 2. The summed E-state index contributed by atoms with van der Waals surface area (Å²) in [5.74, 6) is 0. The van der Waals surface area contributed by atoms with Crippen molar-refractivity contribution in [1.82, 2.24) is 0 Å². The highest BCUT2D eigenvalue weighted by molar-refractivity contribution is 6.33. The van der Waals surface area contributed by atoms with E-state index in [9.17, 15) is 4.79 Å². The molecule has 2 N–H and O–H groups in total. The first-order valence-corrected chi connectivity index (χ1v) is 6.34. The number of carbonyl (C=O) groups is 1. The normalized spacial score (nSPS) is 10.1. The summed E-state index contributed by atoms with van der Waals surface area (Å²) in [4.78, 5) is 11.9. The molecule has 0 bridgehead atoms. The fourth-order valence-electron chi connectivity index (χ4n) is 1.72. The molecule has 0 saturated carbocycles. The summed E-state index contributed by atoms with van der Waals surface area (Å²) in [6.45, 7) is 3.98. The van der Waals surface area contributed by atoms with Gasteiger partial charge < -0.3 is 10.6 Å². The van der Waals surface area contributed by atoms with Crippen molar-refractivity contribution in [2.75, 3.05) is 10.6 Å². The molecule has 0 saturated heterocycles. The zero-order valence-electron chi connectivity index (χ0n) is 10.8. The Labute approximate surface area is 117 Å². The number of hydrogen-bond acceptors (Lipinski definition) is 1. The molecule has 98 valence electrons. The van der Waals surface area contributed by atoms with Gasteiger partial charge in [-0.25, -0.2) is 4.79 Å². The lowest BCUT2D eigenvalue weighted by Crippen LogP contribution is -2.20. The van der Waals surface area contributed by atoms with Gasteiger partial charge in [0.1, 0.15) is 0 Å². The summed E-state index contributed by atoms with van der Waals surface area (Å²) in [6.07, 6.45) is 0. The van der Waals surface area contributed by atoms with E-state index in [2.05, 4.69) is 10.6 Å².